The smallest absolute Gasteiger partial charge is 0.221 e. The van der Waals surface area contributed by atoms with Gasteiger partial charge in [-0.05, 0) is 35.4 Å². The molecule has 1 aliphatic heterocycles. The van der Waals surface area contributed by atoms with E-state index in [-0.39, 0.29) is 24.7 Å². The highest BCUT2D eigenvalue weighted by Crippen LogP contribution is 2.40. The van der Waals surface area contributed by atoms with Gasteiger partial charge < -0.3 is 19.9 Å². The number of carbonyl (C=O) groups is 1. The van der Waals surface area contributed by atoms with Crippen LogP contribution in [-0.4, -0.2) is 27.9 Å². The molecule has 1 aromatic heterocycles. The summed E-state index contributed by atoms with van der Waals surface area (Å²) in [6, 6.07) is 23.6. The van der Waals surface area contributed by atoms with Crippen molar-refractivity contribution in [2.24, 2.45) is 0 Å². The number of benzene rings is 3. The summed E-state index contributed by atoms with van der Waals surface area (Å²) in [5.41, 5.74) is 4.57. The number of rotatable bonds is 7. The number of hydrogen-bond donors (Lipinski definition) is 2. The van der Waals surface area contributed by atoms with Crippen molar-refractivity contribution in [2.75, 3.05) is 11.1 Å². The monoisotopic (exact) mass is 506 g/mol. The fraction of sp³-hybridized carbons (Fsp3) is 0.259. The van der Waals surface area contributed by atoms with E-state index in [4.69, 9.17) is 14.5 Å². The molecule has 1 amide bonds. The summed E-state index contributed by atoms with van der Waals surface area (Å²) in [6.45, 7) is 1.50. The van der Waals surface area contributed by atoms with Crippen LogP contribution in [0.4, 0.5) is 5.69 Å². The van der Waals surface area contributed by atoms with Gasteiger partial charge >= 0.3 is 0 Å². The van der Waals surface area contributed by atoms with E-state index >= 15 is 0 Å². The lowest BCUT2D eigenvalue weighted by Crippen LogP contribution is -2.31. The first-order valence-corrected chi connectivity index (χ1v) is 13.2. The average molecular weight is 507 g/mol. The number of fused-ring (bicyclic) bond motifs is 1. The molecule has 1 saturated heterocycles. The summed E-state index contributed by atoms with van der Waals surface area (Å²) in [7, 11) is 0. The Kier molecular flexibility index (Phi) is 7.46. The molecule has 0 spiro atoms. The molecule has 6 nitrogen and oxygen atoms in total. The van der Waals surface area contributed by atoms with Gasteiger partial charge in [-0.2, -0.15) is 0 Å². The molecule has 3 atom stereocenters. The van der Waals surface area contributed by atoms with Crippen LogP contribution < -0.4 is 5.32 Å². The summed E-state index contributed by atoms with van der Waals surface area (Å²) in [5.74, 6) is 0.649. The molecule has 4 aromatic rings. The van der Waals surface area contributed by atoms with E-state index in [1.54, 1.807) is 23.1 Å². The molecule has 1 fully saturated rings. The SMILES string of the molecule is CC(=O)Nc1ccc(C2OC(CSc3nc4ccccc4s3)CC(c3ccc(CO)cc3)O2)cc1. The molecule has 180 valence electrons. The second kappa shape index (κ2) is 10.9. The van der Waals surface area contributed by atoms with Gasteiger partial charge in [0.2, 0.25) is 5.91 Å². The van der Waals surface area contributed by atoms with Crippen molar-refractivity contribution in [1.29, 1.82) is 0 Å². The van der Waals surface area contributed by atoms with Crippen LogP contribution in [0, 0.1) is 0 Å². The maximum atomic E-state index is 11.4. The lowest BCUT2D eigenvalue weighted by molar-refractivity contribution is -0.245. The van der Waals surface area contributed by atoms with Crippen molar-refractivity contribution in [3.63, 3.8) is 0 Å². The zero-order chi connectivity index (χ0) is 24.2. The fourth-order valence-electron chi connectivity index (χ4n) is 4.03. The van der Waals surface area contributed by atoms with Crippen molar-refractivity contribution < 1.29 is 19.4 Å². The van der Waals surface area contributed by atoms with Gasteiger partial charge in [-0.25, -0.2) is 4.98 Å². The van der Waals surface area contributed by atoms with Gasteiger partial charge in [0, 0.05) is 30.3 Å². The Morgan fingerprint density at radius 2 is 1.80 bits per heavy atom. The zero-order valence-corrected chi connectivity index (χ0v) is 20.9. The number of aliphatic hydroxyl groups is 1. The molecule has 3 aromatic carbocycles. The quantitative estimate of drug-likeness (QED) is 0.296. The third-order valence-electron chi connectivity index (χ3n) is 5.79. The van der Waals surface area contributed by atoms with Crippen molar-refractivity contribution in [1.82, 2.24) is 4.98 Å². The highest BCUT2D eigenvalue weighted by Gasteiger charge is 2.32. The van der Waals surface area contributed by atoms with E-state index in [9.17, 15) is 9.90 Å². The number of thioether (sulfide) groups is 1. The number of carbonyl (C=O) groups excluding carboxylic acids is 1. The minimum absolute atomic E-state index is 0.0135. The van der Waals surface area contributed by atoms with Gasteiger partial charge in [0.1, 0.15) is 0 Å². The minimum atomic E-state index is -0.529. The molecular formula is C27H26N2O4S2. The predicted molar refractivity (Wildman–Crippen MR) is 140 cm³/mol. The van der Waals surface area contributed by atoms with Gasteiger partial charge in [-0.15, -0.1) is 11.3 Å². The van der Waals surface area contributed by atoms with Crippen molar-refractivity contribution in [3.05, 3.63) is 89.5 Å². The summed E-state index contributed by atoms with van der Waals surface area (Å²) < 4.78 is 15.0. The molecule has 5 rings (SSSR count). The highest BCUT2D eigenvalue weighted by atomic mass is 32.2. The molecule has 0 aliphatic carbocycles. The minimum Gasteiger partial charge on any atom is -0.392 e. The molecule has 0 radical (unpaired) electrons. The van der Waals surface area contributed by atoms with Crippen molar-refractivity contribution in [2.45, 2.75) is 42.8 Å². The van der Waals surface area contributed by atoms with Crippen LogP contribution in [-0.2, 0) is 20.9 Å². The third-order valence-corrected chi connectivity index (χ3v) is 8.10. The number of aromatic nitrogens is 1. The molecule has 0 bridgehead atoms. The first-order valence-electron chi connectivity index (χ1n) is 11.4. The van der Waals surface area contributed by atoms with Crippen LogP contribution >= 0.6 is 23.1 Å². The maximum Gasteiger partial charge on any atom is 0.221 e. The molecular weight excluding hydrogens is 480 g/mol. The number of para-hydroxylation sites is 1. The third kappa shape index (κ3) is 5.91. The zero-order valence-electron chi connectivity index (χ0n) is 19.2. The maximum absolute atomic E-state index is 11.4. The largest absolute Gasteiger partial charge is 0.392 e. The average Bonchev–Trinajstić information content (AvgIpc) is 3.31. The first kappa shape index (κ1) is 24.0. The van der Waals surface area contributed by atoms with Gasteiger partial charge in [-0.3, -0.25) is 4.79 Å². The first-order chi connectivity index (χ1) is 17.1. The van der Waals surface area contributed by atoms with Crippen molar-refractivity contribution >= 4 is 44.9 Å². The van der Waals surface area contributed by atoms with E-state index in [1.807, 2.05) is 66.7 Å². The Labute approximate surface area is 212 Å². The number of nitrogens with one attached hydrogen (secondary N) is 1. The van der Waals surface area contributed by atoms with E-state index in [1.165, 1.54) is 11.6 Å². The number of nitrogens with zero attached hydrogens (tertiary/aromatic N) is 1. The molecule has 1 aliphatic rings. The number of ether oxygens (including phenoxy) is 2. The molecule has 2 heterocycles. The Morgan fingerprint density at radius 1 is 1.06 bits per heavy atom. The van der Waals surface area contributed by atoms with Gasteiger partial charge in [0.05, 0.1) is 29.0 Å². The summed E-state index contributed by atoms with van der Waals surface area (Å²) in [6.07, 6.45) is 0.0102. The van der Waals surface area contributed by atoms with E-state index in [0.29, 0.717) is 0 Å². The van der Waals surface area contributed by atoms with E-state index in [0.717, 1.165) is 44.4 Å². The van der Waals surface area contributed by atoms with Crippen molar-refractivity contribution in [3.8, 4) is 0 Å². The summed E-state index contributed by atoms with van der Waals surface area (Å²) in [5, 5.41) is 12.2. The van der Waals surface area contributed by atoms with Crippen LogP contribution in [0.5, 0.6) is 0 Å². The second-order valence-corrected chi connectivity index (χ2v) is 10.7. The standard InChI is InChI=1S/C27H26N2O4S2/c1-17(31)28-21-12-10-20(11-13-21)26-32-22(14-24(33-26)19-8-6-18(15-30)7-9-19)16-34-27-29-23-4-2-3-5-25(23)35-27/h2-13,22,24,26,30H,14-16H2,1H3,(H,28,31). The number of thiazole rings is 1. The summed E-state index contributed by atoms with van der Waals surface area (Å²) >= 11 is 3.41. The van der Waals surface area contributed by atoms with Crippen LogP contribution in [0.25, 0.3) is 10.2 Å². The number of amides is 1. The molecule has 8 heteroatoms. The van der Waals surface area contributed by atoms with Gasteiger partial charge in [0.25, 0.3) is 0 Å². The Balaban J connectivity index is 1.34. The summed E-state index contributed by atoms with van der Waals surface area (Å²) in [4.78, 5) is 16.1. The van der Waals surface area contributed by atoms with Crippen LogP contribution in [0.2, 0.25) is 0 Å². The second-order valence-electron chi connectivity index (χ2n) is 8.41. The van der Waals surface area contributed by atoms with E-state index < -0.39 is 6.29 Å². The van der Waals surface area contributed by atoms with Crippen LogP contribution in [0.1, 0.15) is 42.4 Å². The normalized spacial score (nSPS) is 20.1. The highest BCUT2D eigenvalue weighted by molar-refractivity contribution is 8.01. The van der Waals surface area contributed by atoms with Crippen LogP contribution in [0.15, 0.2) is 77.1 Å². The van der Waals surface area contributed by atoms with Gasteiger partial charge in [0.15, 0.2) is 10.6 Å². The topological polar surface area (TPSA) is 80.7 Å². The number of hydrogen-bond acceptors (Lipinski definition) is 7. The molecule has 0 saturated carbocycles. The fourth-order valence-corrected chi connectivity index (χ4v) is 6.14. The van der Waals surface area contributed by atoms with Crippen LogP contribution in [0.3, 0.4) is 0 Å². The number of anilines is 1. The molecule has 35 heavy (non-hydrogen) atoms. The molecule has 3 unspecified atom stereocenters. The lowest BCUT2D eigenvalue weighted by atomic mass is 10.0. The number of aliphatic hydroxyl groups excluding tert-OH is 1. The Hall–Kier alpha value is -2.75. The van der Waals surface area contributed by atoms with E-state index in [2.05, 4.69) is 11.4 Å². The Morgan fingerprint density at radius 3 is 2.51 bits per heavy atom. The van der Waals surface area contributed by atoms with Gasteiger partial charge in [-0.1, -0.05) is 60.3 Å². The predicted octanol–water partition coefficient (Wildman–Crippen LogP) is 6.08. The molecule has 2 N–H and O–H groups in total. The lowest BCUT2D eigenvalue weighted by Gasteiger charge is -2.36. The Bertz CT molecular complexity index is 1260.